The van der Waals surface area contributed by atoms with Crippen LogP contribution in [0.1, 0.15) is 90.4 Å². The van der Waals surface area contributed by atoms with Gasteiger partial charge in [-0.1, -0.05) is 76.2 Å². The average molecular weight is 369 g/mol. The van der Waals surface area contributed by atoms with Crippen molar-refractivity contribution in [1.29, 1.82) is 0 Å². The number of allylic oxidation sites excluding steroid dienone is 4. The molecule has 0 aliphatic carbocycles. The second-order valence-corrected chi connectivity index (χ2v) is 6.85. The quantitative estimate of drug-likeness (QED) is 0.201. The molecule has 1 unspecified atom stereocenters. The van der Waals surface area contributed by atoms with Crippen molar-refractivity contribution in [1.82, 2.24) is 0 Å². The Morgan fingerprint density at radius 1 is 0.885 bits per heavy atom. The van der Waals surface area contributed by atoms with Crippen LogP contribution in [0, 0.1) is 0 Å². The summed E-state index contributed by atoms with van der Waals surface area (Å²) in [5, 5.41) is 17.7. The Labute approximate surface area is 160 Å². The normalized spacial score (nSPS) is 12.9. The molecule has 0 fully saturated rings. The van der Waals surface area contributed by atoms with Crippen LogP contribution in [-0.2, 0) is 9.53 Å². The van der Waals surface area contributed by atoms with Gasteiger partial charge in [0.05, 0.1) is 6.61 Å². The van der Waals surface area contributed by atoms with Crippen LogP contribution in [-0.4, -0.2) is 35.5 Å². The van der Waals surface area contributed by atoms with Gasteiger partial charge in [-0.15, -0.1) is 0 Å². The van der Waals surface area contributed by atoms with Crippen molar-refractivity contribution in [3.05, 3.63) is 24.3 Å². The largest absolute Gasteiger partial charge is 0.463 e. The molecule has 1 atom stereocenters. The fourth-order valence-corrected chi connectivity index (χ4v) is 2.56. The summed E-state index contributed by atoms with van der Waals surface area (Å²) in [7, 11) is 0. The van der Waals surface area contributed by atoms with Crippen molar-refractivity contribution in [3.63, 3.8) is 0 Å². The molecular formula is C22H40O4. The van der Waals surface area contributed by atoms with Crippen LogP contribution < -0.4 is 0 Å². The molecule has 0 aromatic carbocycles. The molecule has 4 nitrogen and oxygen atoms in total. The Morgan fingerprint density at radius 2 is 1.46 bits per heavy atom. The highest BCUT2D eigenvalue weighted by atomic mass is 16.5. The minimum absolute atomic E-state index is 0.112. The monoisotopic (exact) mass is 368 g/mol. The third-order valence-electron chi connectivity index (χ3n) is 4.23. The van der Waals surface area contributed by atoms with Gasteiger partial charge in [0, 0.05) is 6.42 Å². The molecule has 0 spiro atoms. The molecule has 0 aromatic heterocycles. The molecule has 0 aliphatic rings. The van der Waals surface area contributed by atoms with Gasteiger partial charge in [-0.05, 0) is 32.1 Å². The van der Waals surface area contributed by atoms with Crippen LogP contribution in [0.3, 0.4) is 0 Å². The highest BCUT2D eigenvalue weighted by Gasteiger charge is 2.07. The second-order valence-electron chi connectivity index (χ2n) is 6.85. The molecule has 0 amide bonds. The molecular weight excluding hydrogens is 328 g/mol. The number of aliphatic hydroxyl groups excluding tert-OH is 2. The Bertz CT molecular complexity index is 363. The first-order chi connectivity index (χ1) is 12.7. The summed E-state index contributed by atoms with van der Waals surface area (Å²) < 4.78 is 4.86. The molecule has 0 rings (SSSR count). The van der Waals surface area contributed by atoms with Gasteiger partial charge in [0.25, 0.3) is 0 Å². The van der Waals surface area contributed by atoms with Gasteiger partial charge in [0.1, 0.15) is 12.7 Å². The van der Waals surface area contributed by atoms with Gasteiger partial charge in [-0.25, -0.2) is 0 Å². The van der Waals surface area contributed by atoms with E-state index in [9.17, 15) is 4.79 Å². The SMILES string of the molecule is CCCCC=CCC=CCCCCCCCCCC(=O)OCC(O)CO. The molecule has 0 heterocycles. The Kier molecular flexibility index (Phi) is 19.3. The van der Waals surface area contributed by atoms with Crippen LogP contribution in [0.2, 0.25) is 0 Å². The van der Waals surface area contributed by atoms with Crippen LogP contribution >= 0.6 is 0 Å². The smallest absolute Gasteiger partial charge is 0.305 e. The van der Waals surface area contributed by atoms with Gasteiger partial charge in [0.15, 0.2) is 0 Å². The average Bonchev–Trinajstić information content (AvgIpc) is 2.65. The van der Waals surface area contributed by atoms with Crippen molar-refractivity contribution in [3.8, 4) is 0 Å². The van der Waals surface area contributed by atoms with E-state index in [0.717, 1.165) is 25.7 Å². The van der Waals surface area contributed by atoms with E-state index >= 15 is 0 Å². The number of ether oxygens (including phenoxy) is 1. The van der Waals surface area contributed by atoms with Crippen molar-refractivity contribution in [2.75, 3.05) is 13.2 Å². The van der Waals surface area contributed by atoms with Gasteiger partial charge in [-0.2, -0.15) is 0 Å². The number of carbonyl (C=O) groups is 1. The number of esters is 1. The molecule has 0 bridgehead atoms. The summed E-state index contributed by atoms with van der Waals surface area (Å²) in [4.78, 5) is 11.4. The standard InChI is InChI=1S/C22H40O4/c1-2-3-4-5-6-7-8-9-10-11-12-13-14-15-16-17-18-22(25)26-20-21(24)19-23/h5-6,8-9,21,23-24H,2-4,7,10-20H2,1H3. The maximum Gasteiger partial charge on any atom is 0.305 e. The fourth-order valence-electron chi connectivity index (χ4n) is 2.56. The summed E-state index contributed by atoms with van der Waals surface area (Å²) in [6.07, 6.45) is 22.6. The first-order valence-electron chi connectivity index (χ1n) is 10.4. The topological polar surface area (TPSA) is 66.8 Å². The first kappa shape index (κ1) is 24.9. The number of rotatable bonds is 18. The zero-order valence-electron chi connectivity index (χ0n) is 16.7. The fraction of sp³-hybridized carbons (Fsp3) is 0.773. The lowest BCUT2D eigenvalue weighted by Crippen LogP contribution is -2.21. The number of aliphatic hydroxyl groups is 2. The molecule has 26 heavy (non-hydrogen) atoms. The zero-order chi connectivity index (χ0) is 19.3. The maximum absolute atomic E-state index is 11.4. The second kappa shape index (κ2) is 20.2. The molecule has 0 saturated carbocycles. The van der Waals surface area contributed by atoms with E-state index in [2.05, 4.69) is 31.2 Å². The van der Waals surface area contributed by atoms with E-state index in [-0.39, 0.29) is 19.2 Å². The van der Waals surface area contributed by atoms with Crippen LogP contribution in [0.25, 0.3) is 0 Å². The van der Waals surface area contributed by atoms with Crippen molar-refractivity contribution >= 4 is 5.97 Å². The summed E-state index contributed by atoms with van der Waals surface area (Å²) >= 11 is 0. The van der Waals surface area contributed by atoms with Gasteiger partial charge in [-0.3, -0.25) is 4.79 Å². The number of unbranched alkanes of at least 4 members (excludes halogenated alkanes) is 9. The summed E-state index contributed by atoms with van der Waals surface area (Å²) in [6.45, 7) is 1.73. The lowest BCUT2D eigenvalue weighted by Gasteiger charge is -2.08. The van der Waals surface area contributed by atoms with Gasteiger partial charge >= 0.3 is 5.97 Å². The number of carbonyl (C=O) groups excluding carboxylic acids is 1. The van der Waals surface area contributed by atoms with Gasteiger partial charge < -0.3 is 14.9 Å². The molecule has 4 heteroatoms. The first-order valence-corrected chi connectivity index (χ1v) is 10.4. The predicted octanol–water partition coefficient (Wildman–Crippen LogP) is 5.09. The molecule has 152 valence electrons. The van der Waals surface area contributed by atoms with E-state index in [1.54, 1.807) is 0 Å². The predicted molar refractivity (Wildman–Crippen MR) is 108 cm³/mol. The number of hydrogen-bond acceptors (Lipinski definition) is 4. The van der Waals surface area contributed by atoms with Crippen molar-refractivity contribution in [2.45, 2.75) is 96.5 Å². The van der Waals surface area contributed by atoms with E-state index in [0.29, 0.717) is 6.42 Å². The van der Waals surface area contributed by atoms with Crippen molar-refractivity contribution in [2.24, 2.45) is 0 Å². The van der Waals surface area contributed by atoms with Crippen LogP contribution in [0.5, 0.6) is 0 Å². The Balaban J connectivity index is 3.26. The molecule has 2 N–H and O–H groups in total. The molecule has 0 aromatic rings. The minimum Gasteiger partial charge on any atom is -0.463 e. The van der Waals surface area contributed by atoms with Crippen LogP contribution in [0.4, 0.5) is 0 Å². The van der Waals surface area contributed by atoms with E-state index in [4.69, 9.17) is 14.9 Å². The third kappa shape index (κ3) is 19.2. The van der Waals surface area contributed by atoms with Crippen LogP contribution in [0.15, 0.2) is 24.3 Å². The summed E-state index contributed by atoms with van der Waals surface area (Å²) in [6, 6.07) is 0. The third-order valence-corrected chi connectivity index (χ3v) is 4.23. The maximum atomic E-state index is 11.4. The molecule has 0 aliphatic heterocycles. The highest BCUT2D eigenvalue weighted by molar-refractivity contribution is 5.69. The Hall–Kier alpha value is -1.13. The van der Waals surface area contributed by atoms with Crippen molar-refractivity contribution < 1.29 is 19.7 Å². The molecule has 0 radical (unpaired) electrons. The lowest BCUT2D eigenvalue weighted by molar-refractivity contribution is -0.147. The lowest BCUT2D eigenvalue weighted by atomic mass is 10.1. The molecule has 0 saturated heterocycles. The minimum atomic E-state index is -0.962. The zero-order valence-corrected chi connectivity index (χ0v) is 16.7. The summed E-state index contributed by atoms with van der Waals surface area (Å²) in [5.41, 5.74) is 0. The van der Waals surface area contributed by atoms with E-state index in [1.165, 1.54) is 51.4 Å². The highest BCUT2D eigenvalue weighted by Crippen LogP contribution is 2.10. The summed E-state index contributed by atoms with van der Waals surface area (Å²) in [5.74, 6) is -0.288. The Morgan fingerprint density at radius 3 is 2.08 bits per heavy atom. The van der Waals surface area contributed by atoms with Gasteiger partial charge in [0.2, 0.25) is 0 Å². The van der Waals surface area contributed by atoms with E-state index < -0.39 is 6.10 Å². The number of hydrogen-bond donors (Lipinski definition) is 2. The van der Waals surface area contributed by atoms with E-state index in [1.807, 2.05) is 0 Å².